The number of rotatable bonds is 7. The summed E-state index contributed by atoms with van der Waals surface area (Å²) in [7, 11) is 0. The molecule has 0 N–H and O–H groups in total. The number of likely N-dealkylation sites (tertiary alicyclic amines) is 1. The molecule has 0 atom stereocenters. The maximum absolute atomic E-state index is 13.2. The number of piperidine rings is 1. The second-order valence-corrected chi connectivity index (χ2v) is 8.38. The van der Waals surface area contributed by atoms with Gasteiger partial charge >= 0.3 is 0 Å². The molecule has 2 heterocycles. The van der Waals surface area contributed by atoms with Crippen LogP contribution in [0.3, 0.4) is 0 Å². The van der Waals surface area contributed by atoms with Crippen molar-refractivity contribution in [3.63, 3.8) is 0 Å². The summed E-state index contributed by atoms with van der Waals surface area (Å²) in [6.45, 7) is 11.1. The molecule has 0 aliphatic carbocycles. The molecule has 0 unspecified atom stereocenters. The van der Waals surface area contributed by atoms with Crippen LogP contribution in [-0.2, 0) is 9.59 Å². The normalized spacial score (nSPS) is 18.6. The minimum atomic E-state index is -0.172. The number of carbonyl (C=O) groups is 2. The molecule has 3 rings (SSSR count). The lowest BCUT2D eigenvalue weighted by Gasteiger charge is -2.32. The van der Waals surface area contributed by atoms with E-state index in [0.717, 1.165) is 43.7 Å². The molecular weight excluding hydrogens is 352 g/mol. The SMILES string of the molecule is CCCOc1ccc(C2=C(N3CCC(C)CC3)C(=O)N(CC(C)C)C2=O)cc1. The first-order valence-electron chi connectivity index (χ1n) is 10.5. The van der Waals surface area contributed by atoms with Crippen LogP contribution >= 0.6 is 0 Å². The molecule has 2 amide bonds. The van der Waals surface area contributed by atoms with Crippen LogP contribution in [-0.4, -0.2) is 47.9 Å². The molecule has 5 nitrogen and oxygen atoms in total. The summed E-state index contributed by atoms with van der Waals surface area (Å²) in [5.74, 6) is 1.37. The average molecular weight is 385 g/mol. The Balaban J connectivity index is 1.95. The fraction of sp³-hybridized carbons (Fsp3) is 0.565. The summed E-state index contributed by atoms with van der Waals surface area (Å²) in [4.78, 5) is 30.0. The van der Waals surface area contributed by atoms with Crippen molar-refractivity contribution in [2.24, 2.45) is 11.8 Å². The van der Waals surface area contributed by atoms with Gasteiger partial charge in [-0.15, -0.1) is 0 Å². The highest BCUT2D eigenvalue weighted by Gasteiger charge is 2.42. The fourth-order valence-electron chi connectivity index (χ4n) is 3.82. The monoisotopic (exact) mass is 384 g/mol. The molecule has 0 radical (unpaired) electrons. The van der Waals surface area contributed by atoms with Gasteiger partial charge in [0.2, 0.25) is 0 Å². The summed E-state index contributed by atoms with van der Waals surface area (Å²) in [5, 5.41) is 0. The number of carbonyl (C=O) groups excluding carboxylic acids is 2. The first kappa shape index (κ1) is 20.4. The van der Waals surface area contributed by atoms with E-state index in [9.17, 15) is 9.59 Å². The largest absolute Gasteiger partial charge is 0.494 e. The van der Waals surface area contributed by atoms with Crippen LogP contribution in [0.4, 0.5) is 0 Å². The Morgan fingerprint density at radius 1 is 1.07 bits per heavy atom. The number of imide groups is 1. The van der Waals surface area contributed by atoms with Gasteiger partial charge in [0.1, 0.15) is 11.4 Å². The standard InChI is InChI=1S/C23H32N2O3/c1-5-14-28-19-8-6-18(7-9-19)20-21(24-12-10-17(4)11-13-24)23(27)25(22(20)26)15-16(2)3/h6-9,16-17H,5,10-15H2,1-4H3. The highest BCUT2D eigenvalue weighted by atomic mass is 16.5. The molecule has 5 heteroatoms. The molecule has 2 aliphatic heterocycles. The molecule has 0 aromatic heterocycles. The van der Waals surface area contributed by atoms with Crippen molar-refractivity contribution >= 4 is 17.4 Å². The van der Waals surface area contributed by atoms with Gasteiger partial charge in [-0.2, -0.15) is 0 Å². The van der Waals surface area contributed by atoms with Gasteiger partial charge in [-0.05, 0) is 48.8 Å². The van der Waals surface area contributed by atoms with Crippen molar-refractivity contribution in [1.82, 2.24) is 9.80 Å². The molecule has 2 aliphatic rings. The third-order valence-corrected chi connectivity index (χ3v) is 5.41. The molecule has 0 saturated carbocycles. The van der Waals surface area contributed by atoms with Crippen LogP contribution in [0.2, 0.25) is 0 Å². The number of benzene rings is 1. The molecule has 0 spiro atoms. The van der Waals surface area contributed by atoms with Crippen LogP contribution in [0.1, 0.15) is 52.5 Å². The summed E-state index contributed by atoms with van der Waals surface area (Å²) < 4.78 is 5.66. The van der Waals surface area contributed by atoms with Crippen LogP contribution < -0.4 is 4.74 Å². The zero-order valence-corrected chi connectivity index (χ0v) is 17.5. The number of hydrogen-bond acceptors (Lipinski definition) is 4. The molecular formula is C23H32N2O3. The van der Waals surface area contributed by atoms with Gasteiger partial charge in [0.25, 0.3) is 11.8 Å². The van der Waals surface area contributed by atoms with E-state index < -0.39 is 0 Å². The lowest BCUT2D eigenvalue weighted by atomic mass is 9.97. The molecule has 1 aromatic carbocycles. The van der Waals surface area contributed by atoms with E-state index in [-0.39, 0.29) is 17.7 Å². The van der Waals surface area contributed by atoms with Gasteiger partial charge in [-0.1, -0.05) is 39.8 Å². The van der Waals surface area contributed by atoms with E-state index in [1.807, 2.05) is 38.1 Å². The van der Waals surface area contributed by atoms with E-state index in [4.69, 9.17) is 4.74 Å². The molecule has 0 bridgehead atoms. The number of nitrogens with zero attached hydrogens (tertiary/aromatic N) is 2. The summed E-state index contributed by atoms with van der Waals surface area (Å²) in [5.41, 5.74) is 1.92. The minimum Gasteiger partial charge on any atom is -0.494 e. The van der Waals surface area contributed by atoms with E-state index in [2.05, 4.69) is 18.7 Å². The predicted molar refractivity (Wildman–Crippen MR) is 111 cm³/mol. The number of amides is 2. The van der Waals surface area contributed by atoms with E-state index in [1.54, 1.807) is 0 Å². The smallest absolute Gasteiger partial charge is 0.277 e. The predicted octanol–water partition coefficient (Wildman–Crippen LogP) is 3.94. The van der Waals surface area contributed by atoms with Gasteiger partial charge in [0, 0.05) is 19.6 Å². The Morgan fingerprint density at radius 2 is 1.71 bits per heavy atom. The molecule has 1 fully saturated rings. The third kappa shape index (κ3) is 4.23. The Morgan fingerprint density at radius 3 is 2.29 bits per heavy atom. The quantitative estimate of drug-likeness (QED) is 0.668. The van der Waals surface area contributed by atoms with Crippen molar-refractivity contribution in [3.8, 4) is 5.75 Å². The number of hydrogen-bond donors (Lipinski definition) is 0. The molecule has 152 valence electrons. The Bertz CT molecular complexity index is 744. The highest BCUT2D eigenvalue weighted by molar-refractivity contribution is 6.35. The van der Waals surface area contributed by atoms with Crippen LogP contribution in [0.15, 0.2) is 30.0 Å². The zero-order valence-electron chi connectivity index (χ0n) is 17.5. The van der Waals surface area contributed by atoms with Crippen LogP contribution in [0.5, 0.6) is 5.75 Å². The van der Waals surface area contributed by atoms with E-state index in [1.165, 1.54) is 4.90 Å². The first-order chi connectivity index (χ1) is 13.4. The highest BCUT2D eigenvalue weighted by Crippen LogP contribution is 2.34. The lowest BCUT2D eigenvalue weighted by molar-refractivity contribution is -0.138. The summed E-state index contributed by atoms with van der Waals surface area (Å²) in [6.07, 6.45) is 3.04. The van der Waals surface area contributed by atoms with Crippen molar-refractivity contribution in [2.45, 2.75) is 47.0 Å². The van der Waals surface area contributed by atoms with Crippen LogP contribution in [0, 0.1) is 11.8 Å². The van der Waals surface area contributed by atoms with Gasteiger partial charge in [0.05, 0.1) is 12.2 Å². The van der Waals surface area contributed by atoms with Gasteiger partial charge in [-0.25, -0.2) is 0 Å². The molecule has 28 heavy (non-hydrogen) atoms. The second-order valence-electron chi connectivity index (χ2n) is 8.38. The fourth-order valence-corrected chi connectivity index (χ4v) is 3.82. The van der Waals surface area contributed by atoms with Gasteiger partial charge in [-0.3, -0.25) is 14.5 Å². The van der Waals surface area contributed by atoms with E-state index in [0.29, 0.717) is 30.3 Å². The Labute approximate surface area is 168 Å². The lowest BCUT2D eigenvalue weighted by Crippen LogP contribution is -2.39. The zero-order chi connectivity index (χ0) is 20.3. The van der Waals surface area contributed by atoms with Gasteiger partial charge in [0.15, 0.2) is 0 Å². The third-order valence-electron chi connectivity index (χ3n) is 5.41. The Hall–Kier alpha value is -2.30. The maximum atomic E-state index is 13.2. The van der Waals surface area contributed by atoms with Crippen LogP contribution in [0.25, 0.3) is 5.57 Å². The van der Waals surface area contributed by atoms with E-state index >= 15 is 0 Å². The second kappa shape index (κ2) is 8.80. The average Bonchev–Trinajstić information content (AvgIpc) is 2.92. The molecule has 1 aromatic rings. The van der Waals surface area contributed by atoms with Crippen molar-refractivity contribution in [3.05, 3.63) is 35.5 Å². The van der Waals surface area contributed by atoms with Crippen molar-refractivity contribution in [1.29, 1.82) is 0 Å². The minimum absolute atomic E-state index is 0.144. The topological polar surface area (TPSA) is 49.9 Å². The first-order valence-corrected chi connectivity index (χ1v) is 10.5. The Kier molecular flexibility index (Phi) is 6.42. The maximum Gasteiger partial charge on any atom is 0.277 e. The number of ether oxygens (including phenoxy) is 1. The van der Waals surface area contributed by atoms with Crippen molar-refractivity contribution < 1.29 is 14.3 Å². The molecule has 1 saturated heterocycles. The van der Waals surface area contributed by atoms with Gasteiger partial charge < -0.3 is 9.64 Å². The summed E-state index contributed by atoms with van der Waals surface area (Å²) >= 11 is 0. The summed E-state index contributed by atoms with van der Waals surface area (Å²) in [6, 6.07) is 7.57. The van der Waals surface area contributed by atoms with Crippen molar-refractivity contribution in [2.75, 3.05) is 26.2 Å².